The normalized spacial score (nSPS) is 15.5. The first-order chi connectivity index (χ1) is 18.1. The number of anilines is 1. The van der Waals surface area contributed by atoms with Crippen LogP contribution in [0, 0.1) is 0 Å². The third-order valence-electron chi connectivity index (χ3n) is 6.19. The van der Waals surface area contributed by atoms with Gasteiger partial charge in [-0.3, -0.25) is 4.79 Å². The number of fused-ring (bicyclic) bond motifs is 2. The number of hydrogen-bond acceptors (Lipinski definition) is 9. The molecule has 3 aromatic heterocycles. The molecule has 1 aromatic carbocycles. The Hall–Kier alpha value is -3.93. The van der Waals surface area contributed by atoms with Crippen molar-refractivity contribution < 1.29 is 9.53 Å². The highest BCUT2D eigenvalue weighted by Crippen LogP contribution is 2.24. The Kier molecular flexibility index (Phi) is 6.82. The minimum atomic E-state index is -0.589. The molecule has 13 heteroatoms. The summed E-state index contributed by atoms with van der Waals surface area (Å²) in [5.41, 5.74) is 0.193. The Morgan fingerprint density at radius 1 is 1.16 bits per heavy atom. The molecule has 1 aliphatic rings. The second kappa shape index (κ2) is 10.1. The lowest BCUT2D eigenvalue weighted by atomic mass is 10.2. The topological polar surface area (TPSA) is 123 Å². The summed E-state index contributed by atoms with van der Waals surface area (Å²) in [6.45, 7) is 9.29. The van der Waals surface area contributed by atoms with Crippen molar-refractivity contribution in [3.05, 3.63) is 58.1 Å². The van der Waals surface area contributed by atoms with E-state index < -0.39 is 11.6 Å². The van der Waals surface area contributed by atoms with Crippen molar-refractivity contribution in [1.82, 2.24) is 34.1 Å². The molecule has 0 radical (unpaired) electrons. The molecule has 1 N–H and O–H groups in total. The number of aromatic nitrogens is 6. The SMILES string of the molecule is CC(Nc1ncnn2ccnc12)c1nc2cccc(Cl)c2c(=O)n1N1CCCN(C(=O)OC(C)(C)C)CC1. The van der Waals surface area contributed by atoms with Gasteiger partial charge in [-0.1, -0.05) is 17.7 Å². The first kappa shape index (κ1) is 25.7. The average molecular weight is 540 g/mol. The molecule has 1 atom stereocenters. The number of benzene rings is 1. The van der Waals surface area contributed by atoms with E-state index in [2.05, 4.69) is 20.4 Å². The number of rotatable bonds is 4. The quantitative estimate of drug-likeness (QED) is 0.416. The molecule has 1 fully saturated rings. The van der Waals surface area contributed by atoms with Gasteiger partial charge in [-0.2, -0.15) is 5.10 Å². The maximum Gasteiger partial charge on any atom is 0.410 e. The van der Waals surface area contributed by atoms with Gasteiger partial charge in [0.2, 0.25) is 0 Å². The summed E-state index contributed by atoms with van der Waals surface area (Å²) < 4.78 is 8.76. The predicted octanol–water partition coefficient (Wildman–Crippen LogP) is 3.24. The second-order valence-electron chi connectivity index (χ2n) is 10.2. The number of imidazole rings is 1. The highest BCUT2D eigenvalue weighted by molar-refractivity contribution is 6.35. The summed E-state index contributed by atoms with van der Waals surface area (Å²) in [6.07, 6.45) is 5.08. The van der Waals surface area contributed by atoms with E-state index in [1.54, 1.807) is 44.7 Å². The van der Waals surface area contributed by atoms with Crippen LogP contribution in [0.25, 0.3) is 16.6 Å². The molecular weight excluding hydrogens is 510 g/mol. The van der Waals surface area contributed by atoms with Gasteiger partial charge in [0.05, 0.1) is 28.5 Å². The number of carbonyl (C=O) groups excluding carboxylic acids is 1. The summed E-state index contributed by atoms with van der Waals surface area (Å²) in [7, 11) is 0. The second-order valence-corrected chi connectivity index (χ2v) is 10.6. The van der Waals surface area contributed by atoms with Gasteiger partial charge in [0.1, 0.15) is 11.9 Å². The minimum Gasteiger partial charge on any atom is -0.444 e. The number of amides is 1. The number of carbonyl (C=O) groups is 1. The Morgan fingerprint density at radius 2 is 1.97 bits per heavy atom. The van der Waals surface area contributed by atoms with Gasteiger partial charge in [-0.05, 0) is 46.2 Å². The molecule has 4 heterocycles. The van der Waals surface area contributed by atoms with E-state index in [0.717, 1.165) is 0 Å². The van der Waals surface area contributed by atoms with E-state index in [1.165, 1.54) is 6.33 Å². The summed E-state index contributed by atoms with van der Waals surface area (Å²) in [5, 5.41) is 10.1. The first-order valence-electron chi connectivity index (χ1n) is 12.5. The van der Waals surface area contributed by atoms with Crippen LogP contribution in [0.1, 0.15) is 46.0 Å². The fraction of sp³-hybridized carbons (Fsp3) is 0.440. The van der Waals surface area contributed by atoms with Crippen molar-refractivity contribution in [1.29, 1.82) is 0 Å². The number of halogens is 1. The fourth-order valence-corrected chi connectivity index (χ4v) is 4.74. The van der Waals surface area contributed by atoms with E-state index in [4.69, 9.17) is 21.3 Å². The zero-order valence-electron chi connectivity index (χ0n) is 21.8. The van der Waals surface area contributed by atoms with Crippen molar-refractivity contribution >= 4 is 40.1 Å². The van der Waals surface area contributed by atoms with Gasteiger partial charge in [-0.25, -0.2) is 28.9 Å². The molecule has 0 saturated carbocycles. The van der Waals surface area contributed by atoms with E-state index in [1.807, 2.05) is 32.7 Å². The number of nitrogens with one attached hydrogen (secondary N) is 1. The van der Waals surface area contributed by atoms with Crippen molar-refractivity contribution in [2.24, 2.45) is 0 Å². The van der Waals surface area contributed by atoms with Crippen LogP contribution in [0.3, 0.4) is 0 Å². The molecule has 0 aliphatic carbocycles. The summed E-state index contributed by atoms with van der Waals surface area (Å²) in [6, 6.07) is 4.78. The fourth-order valence-electron chi connectivity index (χ4n) is 4.49. The summed E-state index contributed by atoms with van der Waals surface area (Å²) in [4.78, 5) is 41.9. The molecule has 38 heavy (non-hydrogen) atoms. The molecular formula is C25H30ClN9O3. The molecule has 1 aliphatic heterocycles. The van der Waals surface area contributed by atoms with Gasteiger partial charge < -0.3 is 20.0 Å². The molecule has 12 nitrogen and oxygen atoms in total. The molecule has 5 rings (SSSR count). The first-order valence-corrected chi connectivity index (χ1v) is 12.9. The van der Waals surface area contributed by atoms with Gasteiger partial charge >= 0.3 is 6.09 Å². The maximum absolute atomic E-state index is 13.9. The van der Waals surface area contributed by atoms with E-state index >= 15 is 0 Å². The lowest BCUT2D eigenvalue weighted by molar-refractivity contribution is 0.0263. The number of hydrogen-bond donors (Lipinski definition) is 1. The van der Waals surface area contributed by atoms with Crippen molar-refractivity contribution in [2.45, 2.75) is 45.8 Å². The van der Waals surface area contributed by atoms with Crippen LogP contribution in [-0.4, -0.2) is 72.0 Å². The lowest BCUT2D eigenvalue weighted by Crippen LogP contribution is -2.48. The highest BCUT2D eigenvalue weighted by atomic mass is 35.5. The molecule has 1 saturated heterocycles. The third-order valence-corrected chi connectivity index (χ3v) is 6.51. The van der Waals surface area contributed by atoms with Crippen LogP contribution in [0.2, 0.25) is 5.02 Å². The number of ether oxygens (including phenoxy) is 1. The van der Waals surface area contributed by atoms with Gasteiger partial charge in [0, 0.05) is 32.0 Å². The molecule has 1 unspecified atom stereocenters. The van der Waals surface area contributed by atoms with E-state index in [-0.39, 0.29) is 11.7 Å². The zero-order valence-corrected chi connectivity index (χ0v) is 22.5. The van der Waals surface area contributed by atoms with Crippen LogP contribution in [0.4, 0.5) is 10.6 Å². The molecule has 200 valence electrons. The van der Waals surface area contributed by atoms with Crippen LogP contribution in [-0.2, 0) is 4.74 Å². The molecule has 0 bridgehead atoms. The Labute approximate surface area is 224 Å². The Balaban J connectivity index is 1.52. The zero-order chi connectivity index (χ0) is 27.0. The van der Waals surface area contributed by atoms with Crippen LogP contribution in [0.15, 0.2) is 41.7 Å². The van der Waals surface area contributed by atoms with Gasteiger partial charge in [0.15, 0.2) is 17.3 Å². The van der Waals surface area contributed by atoms with E-state index in [0.29, 0.717) is 65.8 Å². The van der Waals surface area contributed by atoms with Gasteiger partial charge in [0.25, 0.3) is 5.56 Å². The van der Waals surface area contributed by atoms with Crippen molar-refractivity contribution in [3.63, 3.8) is 0 Å². The van der Waals surface area contributed by atoms with Crippen molar-refractivity contribution in [3.8, 4) is 0 Å². The minimum absolute atomic E-state index is 0.274. The lowest BCUT2D eigenvalue weighted by Gasteiger charge is -2.30. The summed E-state index contributed by atoms with van der Waals surface area (Å²) >= 11 is 6.46. The Bertz CT molecular complexity index is 1540. The Morgan fingerprint density at radius 3 is 2.76 bits per heavy atom. The molecule has 0 spiro atoms. The molecule has 4 aromatic rings. The standard InChI is InChI=1S/C25H30ClN9O3/c1-16(30-20-22-27-9-12-34(22)29-15-28-20)21-31-18-8-5-7-17(26)19(18)23(36)35(21)33-11-6-10-32(13-14-33)24(37)38-25(2,3)4/h5,7-9,12,15-16H,6,10-11,13-14H2,1-4H3,(H,28,29,30). The van der Waals surface area contributed by atoms with Crippen LogP contribution >= 0.6 is 11.6 Å². The third kappa shape index (κ3) is 5.08. The average Bonchev–Trinajstić information content (AvgIpc) is 3.21. The largest absolute Gasteiger partial charge is 0.444 e. The monoisotopic (exact) mass is 539 g/mol. The molecule has 1 amide bonds. The van der Waals surface area contributed by atoms with Crippen molar-refractivity contribution in [2.75, 3.05) is 36.5 Å². The summed E-state index contributed by atoms with van der Waals surface area (Å²) in [5.74, 6) is 0.996. The van der Waals surface area contributed by atoms with Crippen LogP contribution in [0.5, 0.6) is 0 Å². The smallest absolute Gasteiger partial charge is 0.410 e. The van der Waals surface area contributed by atoms with E-state index in [9.17, 15) is 9.59 Å². The number of nitrogens with zero attached hydrogens (tertiary/aromatic N) is 8. The predicted molar refractivity (Wildman–Crippen MR) is 144 cm³/mol. The van der Waals surface area contributed by atoms with Crippen LogP contribution < -0.4 is 15.9 Å². The maximum atomic E-state index is 13.9. The highest BCUT2D eigenvalue weighted by Gasteiger charge is 2.28. The van der Waals surface area contributed by atoms with Gasteiger partial charge in [-0.15, -0.1) is 0 Å².